The second kappa shape index (κ2) is 8.95. The zero-order valence-electron chi connectivity index (χ0n) is 16.0. The highest BCUT2D eigenvalue weighted by Gasteiger charge is 2.23. The van der Waals surface area contributed by atoms with Crippen LogP contribution in [0.25, 0.3) is 0 Å². The predicted molar refractivity (Wildman–Crippen MR) is 106 cm³/mol. The number of aromatic nitrogens is 1. The SMILES string of the molecule is CC(c1ccccc1)c1cc(C(N)=O)c(CC[C@@H]2CNCCO2)c(C(N)=O)n1. The fourth-order valence-corrected chi connectivity index (χ4v) is 3.51. The van der Waals surface area contributed by atoms with Gasteiger partial charge in [0, 0.05) is 30.3 Å². The Morgan fingerprint density at radius 1 is 1.25 bits per heavy atom. The molecule has 2 amide bonds. The molecule has 0 saturated carbocycles. The number of hydrogen-bond acceptors (Lipinski definition) is 5. The lowest BCUT2D eigenvalue weighted by Crippen LogP contribution is -2.38. The van der Waals surface area contributed by atoms with Gasteiger partial charge in [-0.25, -0.2) is 4.98 Å². The van der Waals surface area contributed by atoms with E-state index in [0.717, 1.165) is 18.7 Å². The van der Waals surface area contributed by atoms with Crippen LogP contribution in [0.2, 0.25) is 0 Å². The first-order chi connectivity index (χ1) is 13.5. The van der Waals surface area contributed by atoms with Crippen molar-refractivity contribution in [3.63, 3.8) is 0 Å². The van der Waals surface area contributed by atoms with Gasteiger partial charge in [-0.05, 0) is 30.0 Å². The van der Waals surface area contributed by atoms with Gasteiger partial charge in [0.1, 0.15) is 5.69 Å². The maximum atomic E-state index is 12.2. The van der Waals surface area contributed by atoms with Crippen molar-refractivity contribution in [1.29, 1.82) is 0 Å². The number of primary amides is 2. The molecular formula is C21H26N4O3. The molecule has 1 fully saturated rings. The van der Waals surface area contributed by atoms with Crippen molar-refractivity contribution < 1.29 is 14.3 Å². The van der Waals surface area contributed by atoms with Crippen LogP contribution in [0, 0.1) is 0 Å². The van der Waals surface area contributed by atoms with Gasteiger partial charge in [-0.1, -0.05) is 37.3 Å². The van der Waals surface area contributed by atoms with E-state index >= 15 is 0 Å². The number of nitrogens with zero attached hydrogens (tertiary/aromatic N) is 1. The Labute approximate surface area is 164 Å². The minimum absolute atomic E-state index is 0.0121. The largest absolute Gasteiger partial charge is 0.376 e. The molecular weight excluding hydrogens is 356 g/mol. The Balaban J connectivity index is 1.96. The Kier molecular flexibility index (Phi) is 6.38. The summed E-state index contributed by atoms with van der Waals surface area (Å²) in [4.78, 5) is 28.8. The zero-order valence-corrected chi connectivity index (χ0v) is 16.0. The molecule has 1 aromatic heterocycles. The number of carbonyl (C=O) groups excluding carboxylic acids is 2. The molecule has 0 spiro atoms. The van der Waals surface area contributed by atoms with Crippen molar-refractivity contribution in [3.8, 4) is 0 Å². The van der Waals surface area contributed by atoms with E-state index in [9.17, 15) is 9.59 Å². The van der Waals surface area contributed by atoms with Gasteiger partial charge < -0.3 is 21.5 Å². The average molecular weight is 382 g/mol. The molecule has 2 heterocycles. The summed E-state index contributed by atoms with van der Waals surface area (Å²) in [5.41, 5.74) is 13.8. The van der Waals surface area contributed by atoms with E-state index in [0.29, 0.717) is 36.3 Å². The van der Waals surface area contributed by atoms with Gasteiger partial charge in [-0.15, -0.1) is 0 Å². The maximum absolute atomic E-state index is 12.2. The molecule has 28 heavy (non-hydrogen) atoms. The number of nitrogens with two attached hydrogens (primary N) is 2. The first-order valence-electron chi connectivity index (χ1n) is 9.48. The fourth-order valence-electron chi connectivity index (χ4n) is 3.51. The first-order valence-corrected chi connectivity index (χ1v) is 9.48. The van der Waals surface area contributed by atoms with Crippen LogP contribution in [0.5, 0.6) is 0 Å². The third-order valence-electron chi connectivity index (χ3n) is 5.11. The molecule has 148 valence electrons. The van der Waals surface area contributed by atoms with Crippen LogP contribution in [0.4, 0.5) is 0 Å². The number of amides is 2. The van der Waals surface area contributed by atoms with Gasteiger partial charge in [0.15, 0.2) is 0 Å². The van der Waals surface area contributed by atoms with Crippen LogP contribution in [-0.4, -0.2) is 42.6 Å². The summed E-state index contributed by atoms with van der Waals surface area (Å²) in [6.07, 6.45) is 1.09. The summed E-state index contributed by atoms with van der Waals surface area (Å²) in [5, 5.41) is 3.26. The summed E-state index contributed by atoms with van der Waals surface area (Å²) >= 11 is 0. The number of pyridine rings is 1. The normalized spacial score (nSPS) is 17.8. The lowest BCUT2D eigenvalue weighted by Gasteiger charge is -2.24. The van der Waals surface area contributed by atoms with Gasteiger partial charge in [0.05, 0.1) is 12.7 Å². The highest BCUT2D eigenvalue weighted by molar-refractivity contribution is 6.00. The number of ether oxygens (including phenoxy) is 1. The molecule has 1 aromatic carbocycles. The quantitative estimate of drug-likeness (QED) is 0.668. The highest BCUT2D eigenvalue weighted by atomic mass is 16.5. The van der Waals surface area contributed by atoms with Crippen LogP contribution in [0.3, 0.4) is 0 Å². The maximum Gasteiger partial charge on any atom is 0.267 e. The predicted octanol–water partition coefficient (Wildman–Crippen LogP) is 1.35. The third kappa shape index (κ3) is 4.55. The minimum Gasteiger partial charge on any atom is -0.376 e. The van der Waals surface area contributed by atoms with Crippen molar-refractivity contribution in [3.05, 3.63) is 64.5 Å². The van der Waals surface area contributed by atoms with E-state index in [1.807, 2.05) is 37.3 Å². The molecule has 1 saturated heterocycles. The Bertz CT molecular complexity index is 813. The first kappa shape index (κ1) is 20.0. The number of benzene rings is 1. The van der Waals surface area contributed by atoms with E-state index in [1.54, 1.807) is 6.07 Å². The summed E-state index contributed by atoms with van der Waals surface area (Å²) < 4.78 is 5.70. The van der Waals surface area contributed by atoms with Crippen LogP contribution in [0.15, 0.2) is 36.4 Å². The Morgan fingerprint density at radius 3 is 2.61 bits per heavy atom. The van der Waals surface area contributed by atoms with E-state index in [2.05, 4.69) is 10.3 Å². The molecule has 7 nitrogen and oxygen atoms in total. The molecule has 5 N–H and O–H groups in total. The van der Waals surface area contributed by atoms with Crippen molar-refractivity contribution in [1.82, 2.24) is 10.3 Å². The van der Waals surface area contributed by atoms with Gasteiger partial charge in [0.25, 0.3) is 5.91 Å². The lowest BCUT2D eigenvalue weighted by atomic mass is 9.92. The van der Waals surface area contributed by atoms with E-state index in [-0.39, 0.29) is 17.7 Å². The molecule has 2 aromatic rings. The zero-order chi connectivity index (χ0) is 20.1. The topological polar surface area (TPSA) is 120 Å². The highest BCUT2D eigenvalue weighted by Crippen LogP contribution is 2.26. The van der Waals surface area contributed by atoms with Crippen molar-refractivity contribution in [2.75, 3.05) is 19.7 Å². The Hall–Kier alpha value is -2.77. The monoisotopic (exact) mass is 382 g/mol. The smallest absolute Gasteiger partial charge is 0.267 e. The van der Waals surface area contributed by atoms with Crippen LogP contribution in [0.1, 0.15) is 56.9 Å². The molecule has 3 rings (SSSR count). The van der Waals surface area contributed by atoms with Gasteiger partial charge in [-0.3, -0.25) is 9.59 Å². The average Bonchev–Trinajstić information content (AvgIpc) is 2.72. The molecule has 2 atom stereocenters. The van der Waals surface area contributed by atoms with Crippen molar-refractivity contribution in [2.45, 2.75) is 31.8 Å². The molecule has 0 aliphatic carbocycles. The van der Waals surface area contributed by atoms with Crippen LogP contribution < -0.4 is 16.8 Å². The Morgan fingerprint density at radius 2 is 2.00 bits per heavy atom. The van der Waals surface area contributed by atoms with Gasteiger partial charge >= 0.3 is 0 Å². The number of carbonyl (C=O) groups is 2. The second-order valence-electron chi connectivity index (χ2n) is 7.02. The summed E-state index contributed by atoms with van der Waals surface area (Å²) in [6, 6.07) is 11.4. The van der Waals surface area contributed by atoms with E-state index in [4.69, 9.17) is 16.2 Å². The van der Waals surface area contributed by atoms with E-state index in [1.165, 1.54) is 0 Å². The van der Waals surface area contributed by atoms with Crippen LogP contribution >= 0.6 is 0 Å². The molecule has 7 heteroatoms. The third-order valence-corrected chi connectivity index (χ3v) is 5.11. The molecule has 1 aliphatic heterocycles. The van der Waals surface area contributed by atoms with Crippen LogP contribution in [-0.2, 0) is 11.2 Å². The molecule has 1 aliphatic rings. The fraction of sp³-hybridized carbons (Fsp3) is 0.381. The molecule has 0 radical (unpaired) electrons. The molecule has 1 unspecified atom stereocenters. The lowest BCUT2D eigenvalue weighted by molar-refractivity contribution is 0.0237. The summed E-state index contributed by atoms with van der Waals surface area (Å²) in [7, 11) is 0. The number of nitrogens with one attached hydrogen (secondary N) is 1. The van der Waals surface area contributed by atoms with Crippen molar-refractivity contribution in [2.24, 2.45) is 11.5 Å². The number of rotatable bonds is 7. The van der Waals surface area contributed by atoms with Crippen molar-refractivity contribution >= 4 is 11.8 Å². The number of morpholine rings is 1. The standard InChI is InChI=1S/C21H26N4O3/c1-13(14-5-3-2-4-6-14)18-11-17(20(22)26)16(19(25-18)21(23)27)8-7-15-12-24-9-10-28-15/h2-6,11,13,15,24H,7-10,12H2,1H3,(H2,22,26)(H2,23,27)/t13?,15-/m1/s1. The summed E-state index contributed by atoms with van der Waals surface area (Å²) in [5.74, 6) is -1.37. The molecule has 0 bridgehead atoms. The van der Waals surface area contributed by atoms with Gasteiger partial charge in [0.2, 0.25) is 5.91 Å². The number of hydrogen-bond donors (Lipinski definition) is 3. The summed E-state index contributed by atoms with van der Waals surface area (Å²) in [6.45, 7) is 4.16. The minimum atomic E-state index is -0.665. The van der Waals surface area contributed by atoms with E-state index < -0.39 is 11.8 Å². The van der Waals surface area contributed by atoms with Gasteiger partial charge in [-0.2, -0.15) is 0 Å². The second-order valence-corrected chi connectivity index (χ2v) is 7.02.